The Hall–Kier alpha value is -3.09. The lowest BCUT2D eigenvalue weighted by Crippen LogP contribution is -2.41. The minimum Gasteiger partial charge on any atom is -0.495 e. The molecule has 0 atom stereocenters. The van der Waals surface area contributed by atoms with Crippen molar-refractivity contribution in [3.05, 3.63) is 53.8 Å². The van der Waals surface area contributed by atoms with Crippen molar-refractivity contribution in [1.82, 2.24) is 4.90 Å². The summed E-state index contributed by atoms with van der Waals surface area (Å²) in [6.07, 6.45) is 2.01. The molecule has 7 heteroatoms. The zero-order chi connectivity index (χ0) is 21.5. The summed E-state index contributed by atoms with van der Waals surface area (Å²) in [5.41, 5.74) is 1.41. The van der Waals surface area contributed by atoms with Crippen LogP contribution in [0.25, 0.3) is 0 Å². The van der Waals surface area contributed by atoms with Crippen LogP contribution in [0.2, 0.25) is 0 Å². The smallest absolute Gasteiger partial charge is 0.227 e. The molecule has 2 amide bonds. The van der Waals surface area contributed by atoms with Crippen molar-refractivity contribution in [2.24, 2.45) is 5.92 Å². The van der Waals surface area contributed by atoms with Gasteiger partial charge >= 0.3 is 0 Å². The second-order valence-electron chi connectivity index (χ2n) is 7.31. The van der Waals surface area contributed by atoms with Crippen LogP contribution in [-0.4, -0.2) is 44.0 Å². The van der Waals surface area contributed by atoms with Gasteiger partial charge in [-0.25, -0.2) is 4.39 Å². The number of hydrogen-bond acceptors (Lipinski definition) is 4. The van der Waals surface area contributed by atoms with Crippen molar-refractivity contribution in [2.45, 2.75) is 25.7 Å². The van der Waals surface area contributed by atoms with E-state index >= 15 is 0 Å². The van der Waals surface area contributed by atoms with Crippen LogP contribution in [0.4, 0.5) is 10.1 Å². The number of ether oxygens (including phenoxy) is 2. The molecule has 1 saturated heterocycles. The van der Waals surface area contributed by atoms with E-state index in [-0.39, 0.29) is 23.5 Å². The molecular weight excluding hydrogens is 387 g/mol. The third-order valence-corrected chi connectivity index (χ3v) is 5.43. The number of piperidine rings is 1. The summed E-state index contributed by atoms with van der Waals surface area (Å²) in [5, 5.41) is 2.92. The van der Waals surface area contributed by atoms with Crippen LogP contribution in [0.5, 0.6) is 11.5 Å². The van der Waals surface area contributed by atoms with Crippen LogP contribution < -0.4 is 14.8 Å². The number of halogens is 1. The van der Waals surface area contributed by atoms with E-state index < -0.39 is 5.82 Å². The van der Waals surface area contributed by atoms with E-state index in [1.165, 1.54) is 13.2 Å². The molecule has 1 N–H and O–H groups in total. The van der Waals surface area contributed by atoms with Gasteiger partial charge in [-0.3, -0.25) is 9.59 Å². The molecule has 0 spiro atoms. The number of hydrogen-bond donors (Lipinski definition) is 1. The number of likely N-dealkylation sites (tertiary alicyclic amines) is 1. The Kier molecular flexibility index (Phi) is 7.27. The topological polar surface area (TPSA) is 67.9 Å². The SMILES string of the molecule is COc1ccc(CCC(=O)N2CCC(C(=O)Nc3ccccc3OC)CC2)cc1F. The largest absolute Gasteiger partial charge is 0.495 e. The molecule has 1 aliphatic rings. The number of carbonyl (C=O) groups excluding carboxylic acids is 2. The van der Waals surface area contributed by atoms with Gasteiger partial charge in [-0.15, -0.1) is 0 Å². The molecule has 1 fully saturated rings. The molecule has 1 aliphatic heterocycles. The maximum atomic E-state index is 13.8. The van der Waals surface area contributed by atoms with E-state index in [4.69, 9.17) is 9.47 Å². The number of nitrogens with zero attached hydrogens (tertiary/aromatic N) is 1. The number of aryl methyl sites for hydroxylation is 1. The molecule has 0 aromatic heterocycles. The van der Waals surface area contributed by atoms with E-state index in [2.05, 4.69) is 5.32 Å². The molecule has 30 heavy (non-hydrogen) atoms. The predicted molar refractivity (Wildman–Crippen MR) is 112 cm³/mol. The Morgan fingerprint density at radius 3 is 2.43 bits per heavy atom. The maximum absolute atomic E-state index is 13.8. The van der Waals surface area contributed by atoms with E-state index in [1.54, 1.807) is 36.3 Å². The predicted octanol–water partition coefficient (Wildman–Crippen LogP) is 3.65. The maximum Gasteiger partial charge on any atom is 0.227 e. The number of benzene rings is 2. The van der Waals surface area contributed by atoms with Crippen molar-refractivity contribution >= 4 is 17.5 Å². The van der Waals surface area contributed by atoms with Crippen LogP contribution in [0, 0.1) is 11.7 Å². The Morgan fingerprint density at radius 2 is 1.77 bits per heavy atom. The Morgan fingerprint density at radius 1 is 1.07 bits per heavy atom. The van der Waals surface area contributed by atoms with Gasteiger partial charge in [0.15, 0.2) is 11.6 Å². The fourth-order valence-electron chi connectivity index (χ4n) is 3.65. The Labute approximate surface area is 176 Å². The molecule has 0 unspecified atom stereocenters. The fraction of sp³-hybridized carbons (Fsp3) is 0.391. The number of anilines is 1. The molecule has 0 bridgehead atoms. The summed E-state index contributed by atoms with van der Waals surface area (Å²) in [5.74, 6) is 0.209. The monoisotopic (exact) mass is 414 g/mol. The molecule has 0 radical (unpaired) electrons. The summed E-state index contributed by atoms with van der Waals surface area (Å²) in [6, 6.07) is 12.0. The molecule has 1 heterocycles. The van der Waals surface area contributed by atoms with Gasteiger partial charge in [0.2, 0.25) is 11.8 Å². The highest BCUT2D eigenvalue weighted by atomic mass is 19.1. The third kappa shape index (κ3) is 5.28. The number of rotatable bonds is 7. The van der Waals surface area contributed by atoms with Gasteiger partial charge in [0, 0.05) is 25.4 Å². The van der Waals surface area contributed by atoms with Crippen molar-refractivity contribution in [3.8, 4) is 11.5 Å². The summed E-state index contributed by atoms with van der Waals surface area (Å²) < 4.78 is 24.0. The van der Waals surface area contributed by atoms with E-state index in [1.807, 2.05) is 12.1 Å². The Balaban J connectivity index is 1.47. The first kappa shape index (κ1) is 21.6. The minimum atomic E-state index is -0.427. The summed E-state index contributed by atoms with van der Waals surface area (Å²) in [6.45, 7) is 1.08. The van der Waals surface area contributed by atoms with Gasteiger partial charge in [-0.05, 0) is 49.1 Å². The molecule has 160 valence electrons. The van der Waals surface area contributed by atoms with Gasteiger partial charge < -0.3 is 19.7 Å². The second kappa shape index (κ2) is 10.1. The summed E-state index contributed by atoms with van der Waals surface area (Å²) in [4.78, 5) is 26.9. The lowest BCUT2D eigenvalue weighted by Gasteiger charge is -2.31. The van der Waals surface area contributed by atoms with E-state index in [9.17, 15) is 14.0 Å². The summed E-state index contributed by atoms with van der Waals surface area (Å²) >= 11 is 0. The second-order valence-corrected chi connectivity index (χ2v) is 7.31. The number of para-hydroxylation sites is 2. The molecule has 2 aromatic carbocycles. The van der Waals surface area contributed by atoms with Crippen molar-refractivity contribution < 1.29 is 23.5 Å². The first-order chi connectivity index (χ1) is 14.5. The van der Waals surface area contributed by atoms with E-state index in [0.717, 1.165) is 5.56 Å². The molecule has 3 rings (SSSR count). The zero-order valence-corrected chi connectivity index (χ0v) is 17.3. The molecule has 0 saturated carbocycles. The number of methoxy groups -OCH3 is 2. The van der Waals surface area contributed by atoms with Crippen molar-refractivity contribution in [2.75, 3.05) is 32.6 Å². The third-order valence-electron chi connectivity index (χ3n) is 5.43. The standard InChI is InChI=1S/C23H27FN2O4/c1-29-20-9-7-16(15-18(20)24)8-10-22(27)26-13-11-17(12-14-26)23(28)25-19-5-3-4-6-21(19)30-2/h3-7,9,15,17H,8,10-14H2,1-2H3,(H,25,28). The van der Waals surface area contributed by atoms with Crippen molar-refractivity contribution in [1.29, 1.82) is 0 Å². The van der Waals surface area contributed by atoms with Crippen LogP contribution in [0.3, 0.4) is 0 Å². The molecule has 2 aromatic rings. The molecular formula is C23H27FN2O4. The zero-order valence-electron chi connectivity index (χ0n) is 17.3. The first-order valence-corrected chi connectivity index (χ1v) is 10.1. The van der Waals surface area contributed by atoms with Crippen molar-refractivity contribution in [3.63, 3.8) is 0 Å². The lowest BCUT2D eigenvalue weighted by atomic mass is 9.95. The van der Waals surface area contributed by atoms with E-state index in [0.29, 0.717) is 50.2 Å². The molecule has 0 aliphatic carbocycles. The minimum absolute atomic E-state index is 0.0230. The lowest BCUT2D eigenvalue weighted by molar-refractivity contribution is -0.134. The quantitative estimate of drug-likeness (QED) is 0.751. The highest BCUT2D eigenvalue weighted by molar-refractivity contribution is 5.94. The van der Waals surface area contributed by atoms with Gasteiger partial charge in [0.1, 0.15) is 5.75 Å². The normalized spacial score (nSPS) is 14.3. The van der Waals surface area contributed by atoms with Crippen LogP contribution in [-0.2, 0) is 16.0 Å². The number of amides is 2. The molecule has 6 nitrogen and oxygen atoms in total. The fourth-order valence-corrected chi connectivity index (χ4v) is 3.65. The summed E-state index contributed by atoms with van der Waals surface area (Å²) in [7, 11) is 2.98. The van der Waals surface area contributed by atoms with Crippen LogP contribution in [0.1, 0.15) is 24.8 Å². The number of nitrogens with one attached hydrogen (secondary N) is 1. The van der Waals surface area contributed by atoms with Gasteiger partial charge in [0.05, 0.1) is 19.9 Å². The van der Waals surface area contributed by atoms with Gasteiger partial charge in [0.25, 0.3) is 0 Å². The average molecular weight is 414 g/mol. The Bertz CT molecular complexity index is 895. The average Bonchev–Trinajstić information content (AvgIpc) is 2.78. The number of carbonyl (C=O) groups is 2. The van der Waals surface area contributed by atoms with Gasteiger partial charge in [-0.1, -0.05) is 18.2 Å². The van der Waals surface area contributed by atoms with Crippen LogP contribution in [0.15, 0.2) is 42.5 Å². The highest BCUT2D eigenvalue weighted by Crippen LogP contribution is 2.26. The highest BCUT2D eigenvalue weighted by Gasteiger charge is 2.27. The van der Waals surface area contributed by atoms with Crippen LogP contribution >= 0.6 is 0 Å². The van der Waals surface area contributed by atoms with Gasteiger partial charge in [-0.2, -0.15) is 0 Å². The first-order valence-electron chi connectivity index (χ1n) is 10.1.